The minimum atomic E-state index is -0.113. The summed E-state index contributed by atoms with van der Waals surface area (Å²) in [5.41, 5.74) is 1.12. The number of carbonyl (C=O) groups is 2. The number of rotatable bonds is 6. The second-order valence-electron chi connectivity index (χ2n) is 7.50. The molecule has 0 atom stereocenters. The van der Waals surface area contributed by atoms with Gasteiger partial charge in [-0.15, -0.1) is 0 Å². The number of piperazine rings is 1. The van der Waals surface area contributed by atoms with Gasteiger partial charge in [-0.2, -0.15) is 0 Å². The predicted octanol–water partition coefficient (Wildman–Crippen LogP) is -0.263. The summed E-state index contributed by atoms with van der Waals surface area (Å²) < 4.78 is 0. The van der Waals surface area contributed by atoms with E-state index in [9.17, 15) is 9.59 Å². The Morgan fingerprint density at radius 1 is 1.07 bits per heavy atom. The number of aromatic nitrogens is 1. The third kappa shape index (κ3) is 4.67. The fourth-order valence-electron chi connectivity index (χ4n) is 3.52. The second-order valence-corrected chi connectivity index (χ2v) is 7.50. The summed E-state index contributed by atoms with van der Waals surface area (Å²) in [4.78, 5) is 31.8. The molecule has 1 saturated heterocycles. The van der Waals surface area contributed by atoms with Crippen LogP contribution in [0.15, 0.2) is 48.7 Å². The van der Waals surface area contributed by atoms with Gasteiger partial charge in [-0.3, -0.25) is 14.5 Å². The molecule has 0 radical (unpaired) electrons. The van der Waals surface area contributed by atoms with Crippen molar-refractivity contribution in [2.45, 2.75) is 18.9 Å². The maximum absolute atomic E-state index is 12.6. The van der Waals surface area contributed by atoms with Gasteiger partial charge in [-0.05, 0) is 31.0 Å². The first-order valence-corrected chi connectivity index (χ1v) is 9.94. The Kier molecular flexibility index (Phi) is 5.53. The molecule has 1 aromatic heterocycles. The zero-order valence-electron chi connectivity index (χ0n) is 15.9. The standard InChI is InChI=1S/C21H25N5O2/c27-20(15-25-11-13-26(14-12-25)19-7-3-4-10-22-19)24-18-6-2-1-5-17(18)21(28)23-16-8-9-16/h1-7,10,16H,8-9,11-15H2,(H,23,28)(H,24,27)/p+2. The molecule has 2 heterocycles. The van der Waals surface area contributed by atoms with E-state index >= 15 is 0 Å². The van der Waals surface area contributed by atoms with Gasteiger partial charge in [0.2, 0.25) is 0 Å². The molecule has 4 rings (SSSR count). The number of amides is 2. The lowest BCUT2D eigenvalue weighted by molar-refractivity contribution is -0.892. The number of hydrogen-bond acceptors (Lipinski definition) is 3. The van der Waals surface area contributed by atoms with Gasteiger partial charge in [0.1, 0.15) is 26.2 Å². The molecule has 7 nitrogen and oxygen atoms in total. The number of pyridine rings is 1. The molecule has 1 aliphatic carbocycles. The topological polar surface area (TPSA) is 80.0 Å². The fraction of sp³-hybridized carbons (Fsp3) is 0.381. The van der Waals surface area contributed by atoms with Gasteiger partial charge in [0, 0.05) is 12.1 Å². The first-order chi connectivity index (χ1) is 13.7. The zero-order valence-corrected chi connectivity index (χ0v) is 15.9. The van der Waals surface area contributed by atoms with Crippen LogP contribution in [-0.2, 0) is 4.79 Å². The average molecular weight is 381 g/mol. The molecule has 1 aromatic carbocycles. The molecular formula is C21H27N5O2+2. The highest BCUT2D eigenvalue weighted by atomic mass is 16.2. The molecule has 2 fully saturated rings. The largest absolute Gasteiger partial charge is 0.349 e. The first-order valence-electron chi connectivity index (χ1n) is 9.94. The van der Waals surface area contributed by atoms with Gasteiger partial charge >= 0.3 is 0 Å². The molecule has 0 unspecified atom stereocenters. The second kappa shape index (κ2) is 8.39. The van der Waals surface area contributed by atoms with Crippen molar-refractivity contribution in [3.63, 3.8) is 0 Å². The van der Waals surface area contributed by atoms with Gasteiger partial charge in [0.15, 0.2) is 6.54 Å². The van der Waals surface area contributed by atoms with E-state index in [1.165, 1.54) is 4.90 Å². The third-order valence-electron chi connectivity index (χ3n) is 5.27. The van der Waals surface area contributed by atoms with Crippen molar-refractivity contribution >= 4 is 23.3 Å². The minimum absolute atomic E-state index is 0.0543. The normalized spacial score (nSPS) is 17.2. The van der Waals surface area contributed by atoms with E-state index in [2.05, 4.69) is 26.6 Å². The number of H-pyrrole nitrogens is 1. The van der Waals surface area contributed by atoms with E-state index < -0.39 is 0 Å². The number of quaternary nitrogens is 1. The van der Waals surface area contributed by atoms with Crippen molar-refractivity contribution in [3.05, 3.63) is 54.2 Å². The molecule has 1 saturated carbocycles. The Bertz CT molecular complexity index is 830. The van der Waals surface area contributed by atoms with Gasteiger partial charge in [-0.25, -0.2) is 4.98 Å². The number of nitrogens with zero attached hydrogens (tertiary/aromatic N) is 1. The van der Waals surface area contributed by atoms with E-state index in [0.29, 0.717) is 23.8 Å². The van der Waals surface area contributed by atoms with Gasteiger partial charge < -0.3 is 15.5 Å². The average Bonchev–Trinajstić information content (AvgIpc) is 3.53. The zero-order chi connectivity index (χ0) is 19.3. The van der Waals surface area contributed by atoms with Crippen LogP contribution in [0, 0.1) is 0 Å². The van der Waals surface area contributed by atoms with Crippen LogP contribution in [0.25, 0.3) is 0 Å². The highest BCUT2D eigenvalue weighted by Gasteiger charge is 2.28. The number of anilines is 2. The molecule has 2 aliphatic rings. The summed E-state index contributed by atoms with van der Waals surface area (Å²) in [5.74, 6) is 0.946. The van der Waals surface area contributed by atoms with E-state index in [1.54, 1.807) is 12.1 Å². The SMILES string of the molecule is O=C(C[NH+]1CCN(c2cccc[nH+]2)CC1)Nc1ccccc1C(=O)NC1CC1. The Morgan fingerprint density at radius 2 is 1.82 bits per heavy atom. The van der Waals surface area contributed by atoms with Crippen LogP contribution in [-0.4, -0.2) is 50.6 Å². The minimum Gasteiger partial charge on any atom is -0.349 e. The summed E-state index contributed by atoms with van der Waals surface area (Å²) in [6.45, 7) is 4.03. The van der Waals surface area contributed by atoms with Crippen molar-refractivity contribution < 1.29 is 19.5 Å². The Balaban J connectivity index is 1.30. The highest BCUT2D eigenvalue weighted by molar-refractivity contribution is 6.04. The van der Waals surface area contributed by atoms with Crippen LogP contribution in [0.2, 0.25) is 0 Å². The van der Waals surface area contributed by atoms with E-state index in [1.807, 2.05) is 30.5 Å². The Hall–Kier alpha value is -2.93. The first kappa shape index (κ1) is 18.4. The monoisotopic (exact) mass is 381 g/mol. The molecular weight excluding hydrogens is 354 g/mol. The number of carbonyl (C=O) groups excluding carboxylic acids is 2. The van der Waals surface area contributed by atoms with Crippen molar-refractivity contribution in [1.82, 2.24) is 5.32 Å². The van der Waals surface area contributed by atoms with E-state index in [4.69, 9.17) is 0 Å². The number of aromatic amines is 1. The molecule has 0 spiro atoms. The Labute approximate surface area is 164 Å². The summed E-state index contributed by atoms with van der Waals surface area (Å²) in [6, 6.07) is 13.6. The third-order valence-corrected chi connectivity index (χ3v) is 5.27. The fourth-order valence-corrected chi connectivity index (χ4v) is 3.52. The van der Waals surface area contributed by atoms with E-state index in [-0.39, 0.29) is 11.8 Å². The maximum atomic E-state index is 12.6. The maximum Gasteiger partial charge on any atom is 0.279 e. The van der Waals surface area contributed by atoms with Crippen molar-refractivity contribution in [1.29, 1.82) is 0 Å². The molecule has 2 amide bonds. The Morgan fingerprint density at radius 3 is 2.54 bits per heavy atom. The van der Waals surface area contributed by atoms with Crippen LogP contribution < -0.4 is 25.4 Å². The van der Waals surface area contributed by atoms with E-state index in [0.717, 1.165) is 44.8 Å². The lowest BCUT2D eigenvalue weighted by Gasteiger charge is -2.27. The van der Waals surface area contributed by atoms with Crippen LogP contribution in [0.4, 0.5) is 11.5 Å². The summed E-state index contributed by atoms with van der Waals surface area (Å²) in [6.07, 6.45) is 4.01. The smallest absolute Gasteiger partial charge is 0.279 e. The summed E-state index contributed by atoms with van der Waals surface area (Å²) >= 11 is 0. The molecule has 0 bridgehead atoms. The molecule has 7 heteroatoms. The van der Waals surface area contributed by atoms with Crippen molar-refractivity contribution in [3.8, 4) is 0 Å². The van der Waals surface area contributed by atoms with Crippen LogP contribution in [0.1, 0.15) is 23.2 Å². The molecule has 1 aliphatic heterocycles. The van der Waals surface area contributed by atoms with Crippen molar-refractivity contribution in [2.75, 3.05) is 42.9 Å². The highest BCUT2D eigenvalue weighted by Crippen LogP contribution is 2.21. The summed E-state index contributed by atoms with van der Waals surface area (Å²) in [5, 5.41) is 5.92. The van der Waals surface area contributed by atoms with Gasteiger partial charge in [0.25, 0.3) is 17.6 Å². The number of benzene rings is 1. The molecule has 146 valence electrons. The van der Waals surface area contributed by atoms with Crippen LogP contribution in [0.5, 0.6) is 0 Å². The lowest BCUT2D eigenvalue weighted by Crippen LogP contribution is -3.15. The van der Waals surface area contributed by atoms with Crippen LogP contribution >= 0.6 is 0 Å². The quantitative estimate of drug-likeness (QED) is 0.645. The molecule has 28 heavy (non-hydrogen) atoms. The number of nitrogens with one attached hydrogen (secondary N) is 4. The van der Waals surface area contributed by atoms with Crippen molar-refractivity contribution in [2.24, 2.45) is 0 Å². The number of hydrogen-bond donors (Lipinski definition) is 3. The predicted molar refractivity (Wildman–Crippen MR) is 106 cm³/mol. The van der Waals surface area contributed by atoms with Gasteiger partial charge in [-0.1, -0.05) is 18.2 Å². The lowest BCUT2D eigenvalue weighted by atomic mass is 10.1. The number of para-hydroxylation sites is 1. The summed E-state index contributed by atoms with van der Waals surface area (Å²) in [7, 11) is 0. The van der Waals surface area contributed by atoms with Gasteiger partial charge in [0.05, 0.1) is 17.4 Å². The molecule has 2 aromatic rings. The van der Waals surface area contributed by atoms with Crippen LogP contribution in [0.3, 0.4) is 0 Å². The molecule has 4 N–H and O–H groups in total.